The van der Waals surface area contributed by atoms with Crippen LogP contribution in [0.5, 0.6) is 0 Å². The summed E-state index contributed by atoms with van der Waals surface area (Å²) < 4.78 is 5.56. The molecule has 4 heteroatoms. The number of carboxylic acids is 1. The van der Waals surface area contributed by atoms with Crippen molar-refractivity contribution in [1.29, 1.82) is 0 Å². The van der Waals surface area contributed by atoms with Crippen LogP contribution in [0.3, 0.4) is 0 Å². The van der Waals surface area contributed by atoms with Crippen molar-refractivity contribution in [1.82, 2.24) is 0 Å². The molecule has 0 aliphatic carbocycles. The summed E-state index contributed by atoms with van der Waals surface area (Å²) in [7, 11) is 2.03. The van der Waals surface area contributed by atoms with Crippen LogP contribution in [0.1, 0.15) is 29.3 Å². The fourth-order valence-corrected chi connectivity index (χ4v) is 2.53. The number of carbonyl (C=O) groups is 1. The highest BCUT2D eigenvalue weighted by atomic mass is 16.5. The van der Waals surface area contributed by atoms with Gasteiger partial charge < -0.3 is 14.7 Å². The molecule has 18 heavy (non-hydrogen) atoms. The minimum atomic E-state index is -0.876. The van der Waals surface area contributed by atoms with Gasteiger partial charge in [0.25, 0.3) is 0 Å². The maximum Gasteiger partial charge on any atom is 0.335 e. The molecule has 1 fully saturated rings. The molecule has 0 saturated carbocycles. The molecule has 1 aliphatic rings. The van der Waals surface area contributed by atoms with Crippen LogP contribution in [0.25, 0.3) is 0 Å². The Labute approximate surface area is 107 Å². The summed E-state index contributed by atoms with van der Waals surface area (Å²) in [5.41, 5.74) is 2.20. The van der Waals surface area contributed by atoms with E-state index in [1.165, 1.54) is 0 Å². The van der Waals surface area contributed by atoms with Gasteiger partial charge in [0, 0.05) is 19.3 Å². The molecule has 2 unspecified atom stereocenters. The van der Waals surface area contributed by atoms with E-state index in [1.807, 2.05) is 26.1 Å². The maximum absolute atomic E-state index is 11.0. The van der Waals surface area contributed by atoms with Crippen LogP contribution in [0.2, 0.25) is 0 Å². The lowest BCUT2D eigenvalue weighted by Crippen LogP contribution is -2.36. The van der Waals surface area contributed by atoms with E-state index in [4.69, 9.17) is 9.84 Å². The number of aromatic carboxylic acids is 1. The number of carboxylic acid groups (broad SMARTS) is 1. The predicted octanol–water partition coefficient (Wildman–Crippen LogP) is 2.31. The molecule has 1 aliphatic heterocycles. The highest BCUT2D eigenvalue weighted by Gasteiger charge is 2.28. The number of aryl methyl sites for hydroxylation is 1. The summed E-state index contributed by atoms with van der Waals surface area (Å²) in [5, 5.41) is 9.02. The fraction of sp³-hybridized carbons (Fsp3) is 0.500. The Kier molecular flexibility index (Phi) is 3.57. The fourth-order valence-electron chi connectivity index (χ4n) is 2.53. The molecular formula is C14H19NO3. The Morgan fingerprint density at radius 2 is 2.22 bits per heavy atom. The van der Waals surface area contributed by atoms with Gasteiger partial charge in [0.15, 0.2) is 0 Å². The Morgan fingerprint density at radius 3 is 2.72 bits per heavy atom. The summed E-state index contributed by atoms with van der Waals surface area (Å²) in [4.78, 5) is 13.2. The second kappa shape index (κ2) is 4.98. The Bertz CT molecular complexity index is 458. The lowest BCUT2D eigenvalue weighted by Gasteiger charge is -2.29. The van der Waals surface area contributed by atoms with Gasteiger partial charge in [0.2, 0.25) is 0 Å². The third kappa shape index (κ3) is 2.34. The number of nitrogens with zero attached hydrogens (tertiary/aromatic N) is 1. The standard InChI is InChI=1S/C14H19NO3/c1-9-8-11(4-5-12(9)14(16)17)15(3)13-6-7-18-10(13)2/h4-5,8,10,13H,6-7H2,1-3H3,(H,16,17). The smallest absolute Gasteiger partial charge is 0.335 e. The molecule has 1 aromatic rings. The van der Waals surface area contributed by atoms with Gasteiger partial charge in [-0.3, -0.25) is 0 Å². The van der Waals surface area contributed by atoms with E-state index in [0.29, 0.717) is 11.6 Å². The molecule has 0 spiro atoms. The minimum Gasteiger partial charge on any atom is -0.478 e. The monoisotopic (exact) mass is 249 g/mol. The number of rotatable bonds is 3. The molecule has 4 nitrogen and oxygen atoms in total. The number of benzene rings is 1. The summed E-state index contributed by atoms with van der Waals surface area (Å²) in [5.74, 6) is -0.876. The van der Waals surface area contributed by atoms with E-state index in [0.717, 1.165) is 24.3 Å². The molecule has 2 atom stereocenters. The Hall–Kier alpha value is -1.55. The average Bonchev–Trinajstić information content (AvgIpc) is 2.74. The van der Waals surface area contributed by atoms with Crippen molar-refractivity contribution in [3.05, 3.63) is 29.3 Å². The van der Waals surface area contributed by atoms with Crippen molar-refractivity contribution < 1.29 is 14.6 Å². The normalized spacial score (nSPS) is 23.1. The van der Waals surface area contributed by atoms with Crippen LogP contribution < -0.4 is 4.90 Å². The van der Waals surface area contributed by atoms with Crippen molar-refractivity contribution in [3.63, 3.8) is 0 Å². The SMILES string of the molecule is Cc1cc(N(C)C2CCOC2C)ccc1C(=O)O. The highest BCUT2D eigenvalue weighted by molar-refractivity contribution is 5.89. The second-order valence-electron chi connectivity index (χ2n) is 4.85. The van der Waals surface area contributed by atoms with Gasteiger partial charge in [-0.05, 0) is 44.0 Å². The van der Waals surface area contributed by atoms with Gasteiger partial charge >= 0.3 is 5.97 Å². The number of ether oxygens (including phenoxy) is 1. The van der Waals surface area contributed by atoms with Gasteiger partial charge in [0.05, 0.1) is 17.7 Å². The van der Waals surface area contributed by atoms with Crippen LogP contribution in [-0.4, -0.2) is 36.9 Å². The van der Waals surface area contributed by atoms with Crippen LogP contribution in [0, 0.1) is 6.92 Å². The van der Waals surface area contributed by atoms with E-state index < -0.39 is 5.97 Å². The minimum absolute atomic E-state index is 0.217. The quantitative estimate of drug-likeness (QED) is 0.893. The zero-order valence-electron chi connectivity index (χ0n) is 11.0. The molecule has 0 radical (unpaired) electrons. The third-order valence-electron chi connectivity index (χ3n) is 3.68. The largest absolute Gasteiger partial charge is 0.478 e. The van der Waals surface area contributed by atoms with Crippen molar-refractivity contribution in [3.8, 4) is 0 Å². The van der Waals surface area contributed by atoms with Crippen molar-refractivity contribution in [2.45, 2.75) is 32.4 Å². The van der Waals surface area contributed by atoms with Gasteiger partial charge in [0.1, 0.15) is 0 Å². The van der Waals surface area contributed by atoms with Gasteiger partial charge in [-0.25, -0.2) is 4.79 Å². The molecule has 0 aromatic heterocycles. The average molecular weight is 249 g/mol. The van der Waals surface area contributed by atoms with Crippen molar-refractivity contribution >= 4 is 11.7 Å². The third-order valence-corrected chi connectivity index (χ3v) is 3.68. The second-order valence-corrected chi connectivity index (χ2v) is 4.85. The molecule has 1 heterocycles. The summed E-state index contributed by atoms with van der Waals surface area (Å²) in [6.07, 6.45) is 1.23. The first kappa shape index (κ1) is 12.9. The maximum atomic E-state index is 11.0. The van der Waals surface area contributed by atoms with E-state index in [9.17, 15) is 4.79 Å². The van der Waals surface area contributed by atoms with E-state index in [1.54, 1.807) is 6.07 Å². The number of likely N-dealkylation sites (N-methyl/N-ethyl adjacent to an activating group) is 1. The van der Waals surface area contributed by atoms with Gasteiger partial charge in [-0.15, -0.1) is 0 Å². The highest BCUT2D eigenvalue weighted by Crippen LogP contribution is 2.26. The molecule has 2 rings (SSSR count). The first-order chi connectivity index (χ1) is 8.50. The number of hydrogen-bond acceptors (Lipinski definition) is 3. The Morgan fingerprint density at radius 1 is 1.50 bits per heavy atom. The Balaban J connectivity index is 2.23. The lowest BCUT2D eigenvalue weighted by molar-refractivity contribution is 0.0696. The molecule has 98 valence electrons. The summed E-state index contributed by atoms with van der Waals surface area (Å²) in [6, 6.07) is 5.82. The zero-order chi connectivity index (χ0) is 13.3. The topological polar surface area (TPSA) is 49.8 Å². The molecule has 1 aromatic carbocycles. The number of anilines is 1. The first-order valence-corrected chi connectivity index (χ1v) is 6.19. The predicted molar refractivity (Wildman–Crippen MR) is 70.4 cm³/mol. The van der Waals surface area contributed by atoms with Gasteiger partial charge in [-0.1, -0.05) is 0 Å². The van der Waals surface area contributed by atoms with Gasteiger partial charge in [-0.2, -0.15) is 0 Å². The van der Waals surface area contributed by atoms with Crippen LogP contribution in [0.15, 0.2) is 18.2 Å². The lowest BCUT2D eigenvalue weighted by atomic mass is 10.1. The zero-order valence-corrected chi connectivity index (χ0v) is 11.0. The van der Waals surface area contributed by atoms with Crippen LogP contribution in [-0.2, 0) is 4.74 Å². The van der Waals surface area contributed by atoms with E-state index in [2.05, 4.69) is 11.8 Å². The van der Waals surface area contributed by atoms with Crippen LogP contribution in [0.4, 0.5) is 5.69 Å². The molecule has 1 N–H and O–H groups in total. The number of hydrogen-bond donors (Lipinski definition) is 1. The summed E-state index contributed by atoms with van der Waals surface area (Å²) in [6.45, 7) is 4.70. The van der Waals surface area contributed by atoms with Crippen molar-refractivity contribution in [2.24, 2.45) is 0 Å². The van der Waals surface area contributed by atoms with E-state index >= 15 is 0 Å². The van der Waals surface area contributed by atoms with E-state index in [-0.39, 0.29) is 6.10 Å². The molecular weight excluding hydrogens is 230 g/mol. The molecule has 0 amide bonds. The van der Waals surface area contributed by atoms with Crippen LogP contribution >= 0.6 is 0 Å². The molecule has 1 saturated heterocycles. The first-order valence-electron chi connectivity index (χ1n) is 6.19. The van der Waals surface area contributed by atoms with Crippen molar-refractivity contribution in [2.75, 3.05) is 18.6 Å². The summed E-state index contributed by atoms with van der Waals surface area (Å²) >= 11 is 0. The molecule has 0 bridgehead atoms.